The molecule has 2 fully saturated rings. The Labute approximate surface area is 143 Å². The third kappa shape index (κ3) is 3.60. The molecule has 0 N–H and O–H groups in total. The summed E-state index contributed by atoms with van der Waals surface area (Å²) >= 11 is 0. The van der Waals surface area contributed by atoms with Crippen LogP contribution in [0.1, 0.15) is 18.6 Å². The number of likely N-dealkylation sites (tertiary alicyclic amines) is 1. The molecule has 2 aliphatic heterocycles. The summed E-state index contributed by atoms with van der Waals surface area (Å²) in [6, 6.07) is 4.76. The van der Waals surface area contributed by atoms with Crippen molar-refractivity contribution < 1.29 is 4.42 Å². The van der Waals surface area contributed by atoms with E-state index < -0.39 is 0 Å². The van der Waals surface area contributed by atoms with Crippen LogP contribution in [0.3, 0.4) is 0 Å². The molecule has 6 nitrogen and oxygen atoms in total. The predicted molar refractivity (Wildman–Crippen MR) is 92.8 cm³/mol. The van der Waals surface area contributed by atoms with Crippen LogP contribution in [0.4, 0.5) is 5.82 Å². The summed E-state index contributed by atoms with van der Waals surface area (Å²) in [7, 11) is 0. The molecule has 0 spiro atoms. The van der Waals surface area contributed by atoms with E-state index in [0.29, 0.717) is 0 Å². The fourth-order valence-corrected chi connectivity index (χ4v) is 3.84. The molecule has 128 valence electrons. The van der Waals surface area contributed by atoms with E-state index in [0.717, 1.165) is 63.4 Å². The lowest BCUT2D eigenvalue weighted by Gasteiger charge is -2.42. The molecule has 0 radical (unpaired) electrons. The highest BCUT2D eigenvalue weighted by Crippen LogP contribution is 2.21. The van der Waals surface area contributed by atoms with Gasteiger partial charge in [0.25, 0.3) is 0 Å². The molecular weight excluding hydrogens is 302 g/mol. The normalized spacial score (nSPS) is 21.2. The van der Waals surface area contributed by atoms with Crippen LogP contribution in [0, 0.1) is 0 Å². The minimum Gasteiger partial charge on any atom is -0.468 e. The highest BCUT2D eigenvalue weighted by atomic mass is 16.3. The van der Waals surface area contributed by atoms with Gasteiger partial charge in [-0.25, -0.2) is 4.98 Å². The first-order chi connectivity index (χ1) is 11.9. The third-order valence-electron chi connectivity index (χ3n) is 5.22. The maximum absolute atomic E-state index is 5.46. The average molecular weight is 327 g/mol. The number of furan rings is 1. The summed E-state index contributed by atoms with van der Waals surface area (Å²) in [5, 5.41) is 0. The number of hydrogen-bond acceptors (Lipinski definition) is 6. The summed E-state index contributed by atoms with van der Waals surface area (Å²) in [6.45, 7) is 7.61. The van der Waals surface area contributed by atoms with Gasteiger partial charge in [-0.1, -0.05) is 0 Å². The van der Waals surface area contributed by atoms with Crippen LogP contribution in [0.2, 0.25) is 0 Å². The maximum atomic E-state index is 5.46. The first-order valence-electron chi connectivity index (χ1n) is 8.88. The van der Waals surface area contributed by atoms with Crippen molar-refractivity contribution in [2.24, 2.45) is 0 Å². The molecule has 2 aromatic heterocycles. The minimum atomic E-state index is 0.724. The Kier molecular flexibility index (Phi) is 4.76. The van der Waals surface area contributed by atoms with Gasteiger partial charge in [0.05, 0.1) is 19.0 Å². The Hall–Kier alpha value is -1.92. The topological polar surface area (TPSA) is 48.6 Å². The molecule has 0 bridgehead atoms. The van der Waals surface area contributed by atoms with Gasteiger partial charge < -0.3 is 9.32 Å². The van der Waals surface area contributed by atoms with Crippen LogP contribution in [0.5, 0.6) is 0 Å². The van der Waals surface area contributed by atoms with Crippen LogP contribution < -0.4 is 4.90 Å². The zero-order valence-electron chi connectivity index (χ0n) is 14.0. The smallest absolute Gasteiger partial charge is 0.147 e. The Morgan fingerprint density at radius 3 is 2.54 bits per heavy atom. The number of piperazine rings is 1. The Morgan fingerprint density at radius 2 is 1.88 bits per heavy atom. The zero-order chi connectivity index (χ0) is 16.2. The molecule has 0 unspecified atom stereocenters. The molecule has 0 atom stereocenters. The second-order valence-electron chi connectivity index (χ2n) is 6.67. The molecule has 6 heteroatoms. The van der Waals surface area contributed by atoms with E-state index in [9.17, 15) is 0 Å². The lowest BCUT2D eigenvalue weighted by atomic mass is 10.0. The van der Waals surface area contributed by atoms with Crippen molar-refractivity contribution in [1.29, 1.82) is 0 Å². The maximum Gasteiger partial charge on any atom is 0.147 e. The van der Waals surface area contributed by atoms with Gasteiger partial charge in [-0.3, -0.25) is 14.8 Å². The number of nitrogens with zero attached hydrogens (tertiary/aromatic N) is 5. The van der Waals surface area contributed by atoms with Crippen LogP contribution in [0.15, 0.2) is 41.4 Å². The highest BCUT2D eigenvalue weighted by molar-refractivity contribution is 5.35. The molecule has 4 heterocycles. The SMILES string of the molecule is c1coc(CN2CCC(N3CCN(c4cnccn4)CC3)CC2)c1. The van der Waals surface area contributed by atoms with Crippen LogP contribution in [0.25, 0.3) is 0 Å². The van der Waals surface area contributed by atoms with Gasteiger partial charge in [0, 0.05) is 57.7 Å². The first kappa shape index (κ1) is 15.6. The molecule has 0 aromatic carbocycles. The van der Waals surface area contributed by atoms with Crippen molar-refractivity contribution in [3.8, 4) is 0 Å². The fraction of sp³-hybridized carbons (Fsp3) is 0.556. The third-order valence-corrected chi connectivity index (χ3v) is 5.22. The van der Waals surface area contributed by atoms with Crippen molar-refractivity contribution >= 4 is 5.82 Å². The van der Waals surface area contributed by atoms with Gasteiger partial charge in [0.1, 0.15) is 11.6 Å². The second-order valence-corrected chi connectivity index (χ2v) is 6.67. The van der Waals surface area contributed by atoms with Gasteiger partial charge in [0.15, 0.2) is 0 Å². The summed E-state index contributed by atoms with van der Waals surface area (Å²) in [6.07, 6.45) is 9.64. The van der Waals surface area contributed by atoms with Gasteiger partial charge >= 0.3 is 0 Å². The first-order valence-corrected chi connectivity index (χ1v) is 8.88. The van der Waals surface area contributed by atoms with E-state index in [2.05, 4.69) is 30.7 Å². The predicted octanol–water partition coefficient (Wildman–Crippen LogP) is 1.86. The molecule has 2 saturated heterocycles. The van der Waals surface area contributed by atoms with Crippen molar-refractivity contribution in [2.75, 3.05) is 44.2 Å². The largest absolute Gasteiger partial charge is 0.468 e. The number of piperidine rings is 1. The lowest BCUT2D eigenvalue weighted by Crippen LogP contribution is -2.53. The monoisotopic (exact) mass is 327 g/mol. The molecule has 0 aliphatic carbocycles. The Balaban J connectivity index is 1.24. The molecule has 2 aromatic rings. The number of rotatable bonds is 4. The number of aromatic nitrogens is 2. The van der Waals surface area contributed by atoms with Crippen LogP contribution in [-0.4, -0.2) is 65.1 Å². The molecular formula is C18H25N5O. The molecule has 0 saturated carbocycles. The zero-order valence-corrected chi connectivity index (χ0v) is 14.0. The van der Waals surface area contributed by atoms with Gasteiger partial charge in [0.2, 0.25) is 0 Å². The van der Waals surface area contributed by atoms with E-state index in [1.165, 1.54) is 12.8 Å². The van der Waals surface area contributed by atoms with Gasteiger partial charge in [-0.05, 0) is 25.0 Å². The highest BCUT2D eigenvalue weighted by Gasteiger charge is 2.28. The van der Waals surface area contributed by atoms with Crippen molar-refractivity contribution in [1.82, 2.24) is 19.8 Å². The van der Waals surface area contributed by atoms with E-state index in [-0.39, 0.29) is 0 Å². The van der Waals surface area contributed by atoms with Crippen molar-refractivity contribution in [2.45, 2.75) is 25.4 Å². The fourth-order valence-electron chi connectivity index (χ4n) is 3.84. The van der Waals surface area contributed by atoms with Crippen LogP contribution in [-0.2, 0) is 6.54 Å². The molecule has 24 heavy (non-hydrogen) atoms. The van der Waals surface area contributed by atoms with E-state index in [1.54, 1.807) is 18.7 Å². The standard InChI is InChI=1S/C18H25N5O/c1-2-17(24-13-1)15-21-7-3-16(4-8-21)22-9-11-23(12-10-22)18-14-19-5-6-20-18/h1-2,5-6,13-14,16H,3-4,7-12,15H2. The number of hydrogen-bond donors (Lipinski definition) is 0. The summed E-state index contributed by atoms with van der Waals surface area (Å²) in [5.41, 5.74) is 0. The quantitative estimate of drug-likeness (QED) is 0.854. The Bertz CT molecular complexity index is 602. The summed E-state index contributed by atoms with van der Waals surface area (Å²) in [5.74, 6) is 2.08. The second kappa shape index (κ2) is 7.32. The summed E-state index contributed by atoms with van der Waals surface area (Å²) < 4.78 is 5.46. The Morgan fingerprint density at radius 1 is 1.04 bits per heavy atom. The average Bonchev–Trinajstić information content (AvgIpc) is 3.16. The number of anilines is 1. The molecule has 2 aliphatic rings. The van der Waals surface area contributed by atoms with E-state index >= 15 is 0 Å². The molecule has 0 amide bonds. The van der Waals surface area contributed by atoms with Gasteiger partial charge in [-0.15, -0.1) is 0 Å². The van der Waals surface area contributed by atoms with Crippen molar-refractivity contribution in [3.05, 3.63) is 42.7 Å². The van der Waals surface area contributed by atoms with E-state index in [4.69, 9.17) is 4.42 Å². The lowest BCUT2D eigenvalue weighted by molar-refractivity contribution is 0.0961. The van der Waals surface area contributed by atoms with Crippen LogP contribution >= 0.6 is 0 Å². The van der Waals surface area contributed by atoms with Gasteiger partial charge in [-0.2, -0.15) is 0 Å². The molecule has 4 rings (SSSR count). The van der Waals surface area contributed by atoms with E-state index in [1.807, 2.05) is 12.3 Å². The summed E-state index contributed by atoms with van der Waals surface area (Å²) in [4.78, 5) is 16.1. The van der Waals surface area contributed by atoms with Crippen molar-refractivity contribution in [3.63, 3.8) is 0 Å². The minimum absolute atomic E-state index is 0.724.